The van der Waals surface area contributed by atoms with E-state index in [1.54, 1.807) is 10.7 Å². The molecule has 0 spiro atoms. The van der Waals surface area contributed by atoms with E-state index in [1.165, 1.54) is 0 Å². The van der Waals surface area contributed by atoms with Crippen LogP contribution in [0.1, 0.15) is 17.0 Å². The Balaban J connectivity index is 2.73. The van der Waals surface area contributed by atoms with Crippen LogP contribution in [0.3, 0.4) is 0 Å². The highest BCUT2D eigenvalue weighted by molar-refractivity contribution is 9.10. The number of nitrogens with two attached hydrogens (primary N) is 1. The van der Waals surface area contributed by atoms with Crippen LogP contribution >= 0.6 is 27.5 Å². The molecule has 100 valence electrons. The third kappa shape index (κ3) is 2.46. The summed E-state index contributed by atoms with van der Waals surface area (Å²) in [5.74, 6) is 0.0196. The van der Waals surface area contributed by atoms with Gasteiger partial charge in [0.05, 0.1) is 22.1 Å². The molecule has 1 aromatic heterocycles. The van der Waals surface area contributed by atoms with Gasteiger partial charge < -0.3 is 10.9 Å². The lowest BCUT2D eigenvalue weighted by Gasteiger charge is -2.10. The van der Waals surface area contributed by atoms with E-state index in [0.29, 0.717) is 16.3 Å². The molecular weight excluding hydrogens is 332 g/mol. The third-order valence-corrected chi connectivity index (χ3v) is 3.81. The van der Waals surface area contributed by atoms with Gasteiger partial charge in [0.25, 0.3) is 0 Å². The molecule has 0 atom stereocenters. The summed E-state index contributed by atoms with van der Waals surface area (Å²) >= 11 is 9.55. The number of oxime groups is 1. The Morgan fingerprint density at radius 2 is 2.16 bits per heavy atom. The maximum absolute atomic E-state index is 8.85. The fourth-order valence-corrected chi connectivity index (χ4v) is 2.28. The Hall–Kier alpha value is -1.53. The van der Waals surface area contributed by atoms with Crippen LogP contribution in [0.25, 0.3) is 5.69 Å². The smallest absolute Gasteiger partial charge is 0.172 e. The molecule has 0 saturated carbocycles. The van der Waals surface area contributed by atoms with E-state index >= 15 is 0 Å². The third-order valence-electron chi connectivity index (χ3n) is 2.77. The summed E-state index contributed by atoms with van der Waals surface area (Å²) in [5.41, 5.74) is 8.48. The number of halogens is 2. The first-order valence-electron chi connectivity index (χ1n) is 5.45. The molecular formula is C12H12BrClN4O. The molecule has 5 nitrogen and oxygen atoms in total. The Labute approximate surface area is 123 Å². The monoisotopic (exact) mass is 342 g/mol. The first kappa shape index (κ1) is 13.9. The van der Waals surface area contributed by atoms with Crippen molar-refractivity contribution in [3.8, 4) is 5.69 Å². The van der Waals surface area contributed by atoms with Gasteiger partial charge in [0.2, 0.25) is 0 Å². The maximum atomic E-state index is 8.85. The molecule has 0 bridgehead atoms. The molecule has 0 radical (unpaired) electrons. The van der Waals surface area contributed by atoms with Crippen molar-refractivity contribution in [2.24, 2.45) is 10.9 Å². The lowest BCUT2D eigenvalue weighted by molar-refractivity contribution is 0.318. The molecule has 0 unspecified atom stereocenters. The lowest BCUT2D eigenvalue weighted by Crippen LogP contribution is -2.17. The molecule has 0 aliphatic heterocycles. The molecule has 7 heteroatoms. The first-order chi connectivity index (χ1) is 8.95. The fourth-order valence-electron chi connectivity index (χ4n) is 1.81. The predicted octanol–water partition coefficient (Wildman–Crippen LogP) is 3.00. The number of benzene rings is 1. The van der Waals surface area contributed by atoms with Crippen molar-refractivity contribution in [2.45, 2.75) is 13.8 Å². The van der Waals surface area contributed by atoms with Gasteiger partial charge in [0, 0.05) is 10.0 Å². The second kappa shape index (κ2) is 5.22. The van der Waals surface area contributed by atoms with E-state index in [9.17, 15) is 0 Å². The van der Waals surface area contributed by atoms with E-state index in [1.807, 2.05) is 26.0 Å². The van der Waals surface area contributed by atoms with Gasteiger partial charge in [0.15, 0.2) is 5.84 Å². The molecule has 2 rings (SSSR count). The Kier molecular flexibility index (Phi) is 3.82. The number of rotatable bonds is 2. The molecule has 0 aliphatic rings. The highest BCUT2D eigenvalue weighted by Crippen LogP contribution is 2.26. The molecule has 0 amide bonds. The van der Waals surface area contributed by atoms with Crippen LogP contribution in [-0.4, -0.2) is 20.8 Å². The highest BCUT2D eigenvalue weighted by Gasteiger charge is 2.16. The van der Waals surface area contributed by atoms with Crippen molar-refractivity contribution in [2.75, 3.05) is 0 Å². The van der Waals surface area contributed by atoms with Crippen molar-refractivity contribution < 1.29 is 5.21 Å². The van der Waals surface area contributed by atoms with Crippen LogP contribution in [0, 0.1) is 13.8 Å². The standard InChI is InChI=1S/C12H12BrClN4O/c1-6-11(14)7(2)18(16-6)10-5-8(13)3-4-9(10)12(15)17-19/h3-5,19H,1-2H3,(H2,15,17). The zero-order chi connectivity index (χ0) is 14.2. The van der Waals surface area contributed by atoms with Gasteiger partial charge in [-0.25, -0.2) is 4.68 Å². The number of aromatic nitrogens is 2. The molecule has 19 heavy (non-hydrogen) atoms. The van der Waals surface area contributed by atoms with Crippen molar-refractivity contribution >= 4 is 33.4 Å². The molecule has 0 fully saturated rings. The summed E-state index contributed by atoms with van der Waals surface area (Å²) < 4.78 is 2.54. The number of nitrogens with zero attached hydrogens (tertiary/aromatic N) is 3. The average Bonchev–Trinajstić information content (AvgIpc) is 2.65. The van der Waals surface area contributed by atoms with Crippen molar-refractivity contribution in [3.05, 3.63) is 44.6 Å². The quantitative estimate of drug-likeness (QED) is 0.381. The number of amidine groups is 1. The van der Waals surface area contributed by atoms with Gasteiger partial charge in [-0.15, -0.1) is 0 Å². The zero-order valence-electron chi connectivity index (χ0n) is 10.4. The number of hydrogen-bond acceptors (Lipinski definition) is 3. The molecule has 0 saturated heterocycles. The van der Waals surface area contributed by atoms with Crippen LogP contribution in [0.5, 0.6) is 0 Å². The van der Waals surface area contributed by atoms with E-state index in [-0.39, 0.29) is 5.84 Å². The second-order valence-electron chi connectivity index (χ2n) is 4.04. The van der Waals surface area contributed by atoms with E-state index in [0.717, 1.165) is 15.9 Å². The van der Waals surface area contributed by atoms with Crippen LogP contribution in [0.15, 0.2) is 27.8 Å². The molecule has 1 heterocycles. The molecule has 2 aromatic rings. The average molecular weight is 344 g/mol. The van der Waals surface area contributed by atoms with Gasteiger partial charge in [-0.2, -0.15) is 5.10 Å². The summed E-state index contributed by atoms with van der Waals surface area (Å²) in [4.78, 5) is 0. The minimum absolute atomic E-state index is 0.0196. The van der Waals surface area contributed by atoms with Crippen LogP contribution < -0.4 is 5.73 Å². The van der Waals surface area contributed by atoms with Crippen LogP contribution in [-0.2, 0) is 0 Å². The van der Waals surface area contributed by atoms with Gasteiger partial charge in [-0.1, -0.05) is 32.7 Å². The predicted molar refractivity (Wildman–Crippen MR) is 78.3 cm³/mol. The lowest BCUT2D eigenvalue weighted by atomic mass is 10.1. The summed E-state index contributed by atoms with van der Waals surface area (Å²) in [7, 11) is 0. The van der Waals surface area contributed by atoms with Gasteiger partial charge in [-0.3, -0.25) is 0 Å². The maximum Gasteiger partial charge on any atom is 0.172 e. The van der Waals surface area contributed by atoms with E-state index < -0.39 is 0 Å². The highest BCUT2D eigenvalue weighted by atomic mass is 79.9. The summed E-state index contributed by atoms with van der Waals surface area (Å²) in [6.07, 6.45) is 0. The van der Waals surface area contributed by atoms with Gasteiger partial charge >= 0.3 is 0 Å². The number of aryl methyl sites for hydroxylation is 1. The summed E-state index contributed by atoms with van der Waals surface area (Å²) in [6, 6.07) is 5.39. The largest absolute Gasteiger partial charge is 0.409 e. The summed E-state index contributed by atoms with van der Waals surface area (Å²) in [5, 5.41) is 16.9. The van der Waals surface area contributed by atoms with Gasteiger partial charge in [0.1, 0.15) is 0 Å². The van der Waals surface area contributed by atoms with E-state index in [4.69, 9.17) is 22.5 Å². The molecule has 1 aromatic carbocycles. The Morgan fingerprint density at radius 1 is 1.47 bits per heavy atom. The number of hydrogen-bond donors (Lipinski definition) is 2. The van der Waals surface area contributed by atoms with Gasteiger partial charge in [-0.05, 0) is 32.0 Å². The molecule has 0 aliphatic carbocycles. The fraction of sp³-hybridized carbons (Fsp3) is 0.167. The summed E-state index contributed by atoms with van der Waals surface area (Å²) in [6.45, 7) is 3.69. The molecule has 3 N–H and O–H groups in total. The Morgan fingerprint density at radius 3 is 2.68 bits per heavy atom. The van der Waals surface area contributed by atoms with Crippen molar-refractivity contribution in [1.82, 2.24) is 9.78 Å². The minimum atomic E-state index is 0.0196. The normalized spacial score (nSPS) is 11.9. The van der Waals surface area contributed by atoms with Crippen molar-refractivity contribution in [3.63, 3.8) is 0 Å². The van der Waals surface area contributed by atoms with Crippen molar-refractivity contribution in [1.29, 1.82) is 0 Å². The van der Waals surface area contributed by atoms with Crippen LogP contribution in [0.4, 0.5) is 0 Å². The topological polar surface area (TPSA) is 76.4 Å². The van der Waals surface area contributed by atoms with Crippen LogP contribution in [0.2, 0.25) is 5.02 Å². The first-order valence-corrected chi connectivity index (χ1v) is 6.62. The minimum Gasteiger partial charge on any atom is -0.409 e. The zero-order valence-corrected chi connectivity index (χ0v) is 12.7. The SMILES string of the molecule is Cc1nn(-c2cc(Br)ccc2/C(N)=N/O)c(C)c1Cl. The van der Waals surface area contributed by atoms with E-state index in [2.05, 4.69) is 26.2 Å². The second-order valence-corrected chi connectivity index (χ2v) is 5.34. The Bertz CT molecular complexity index is 666.